The number of carbonyl (C=O) groups excluding carboxylic acids is 1. The molecule has 0 aromatic heterocycles. The first kappa shape index (κ1) is 22.0. The number of piperazine rings is 1. The van der Waals surface area contributed by atoms with Gasteiger partial charge in [0.05, 0.1) is 11.4 Å². The highest BCUT2D eigenvalue weighted by Crippen LogP contribution is 2.26. The van der Waals surface area contributed by atoms with E-state index in [1.54, 1.807) is 10.4 Å². The van der Waals surface area contributed by atoms with Crippen LogP contribution in [0.5, 0.6) is 0 Å². The van der Waals surface area contributed by atoms with Gasteiger partial charge >= 0.3 is 0 Å². The summed E-state index contributed by atoms with van der Waals surface area (Å²) in [4.78, 5) is 14.7. The fraction of sp³-hybridized carbons (Fsp3) is 0.458. The summed E-state index contributed by atoms with van der Waals surface area (Å²) in [6.45, 7) is 2.95. The van der Waals surface area contributed by atoms with Gasteiger partial charge in [-0.05, 0) is 60.9 Å². The number of hydrogen-bond donors (Lipinski definition) is 1. The summed E-state index contributed by atoms with van der Waals surface area (Å²) in [7, 11) is -3.47. The number of rotatable bonds is 8. The van der Waals surface area contributed by atoms with Crippen LogP contribution in [0.1, 0.15) is 29.5 Å². The largest absolute Gasteiger partial charge is 0.355 e. The van der Waals surface area contributed by atoms with Crippen LogP contribution in [0, 0.1) is 0 Å². The molecule has 1 heterocycles. The molecule has 0 atom stereocenters. The van der Waals surface area contributed by atoms with E-state index in [9.17, 15) is 13.2 Å². The van der Waals surface area contributed by atoms with Gasteiger partial charge in [-0.3, -0.25) is 9.69 Å². The number of fused-ring (bicyclic) bond motifs is 1. The highest BCUT2D eigenvalue weighted by molar-refractivity contribution is 7.89. The number of sulfonamides is 1. The van der Waals surface area contributed by atoms with Gasteiger partial charge in [0.1, 0.15) is 0 Å². The first-order chi connectivity index (χ1) is 15.0. The van der Waals surface area contributed by atoms with Crippen LogP contribution in [0.4, 0.5) is 0 Å². The third-order valence-electron chi connectivity index (χ3n) is 6.21. The van der Waals surface area contributed by atoms with Crippen LogP contribution < -0.4 is 5.32 Å². The topological polar surface area (TPSA) is 69.7 Å². The molecule has 2 aromatic carbocycles. The quantitative estimate of drug-likeness (QED) is 0.638. The van der Waals surface area contributed by atoms with Crippen molar-refractivity contribution in [2.45, 2.75) is 37.0 Å². The van der Waals surface area contributed by atoms with E-state index in [1.165, 1.54) is 16.7 Å². The molecule has 166 valence electrons. The van der Waals surface area contributed by atoms with Crippen molar-refractivity contribution in [3.63, 3.8) is 0 Å². The van der Waals surface area contributed by atoms with Crippen LogP contribution >= 0.6 is 0 Å². The zero-order valence-corrected chi connectivity index (χ0v) is 18.7. The molecule has 0 bridgehead atoms. The van der Waals surface area contributed by atoms with Crippen LogP contribution in [0.2, 0.25) is 0 Å². The molecule has 0 spiro atoms. The molecule has 2 aromatic rings. The lowest BCUT2D eigenvalue weighted by atomic mass is 10.1. The van der Waals surface area contributed by atoms with E-state index in [-0.39, 0.29) is 5.91 Å². The smallest absolute Gasteiger partial charge is 0.243 e. The summed E-state index contributed by atoms with van der Waals surface area (Å²) in [6, 6.07) is 15.8. The maximum atomic E-state index is 13.0. The first-order valence-electron chi connectivity index (χ1n) is 11.2. The third-order valence-corrected chi connectivity index (χ3v) is 8.11. The highest BCUT2D eigenvalue weighted by atomic mass is 32.2. The fourth-order valence-electron chi connectivity index (χ4n) is 4.41. The normalized spacial score (nSPS) is 17.4. The van der Waals surface area contributed by atoms with Gasteiger partial charge in [-0.2, -0.15) is 4.31 Å². The molecule has 7 heteroatoms. The van der Waals surface area contributed by atoms with Gasteiger partial charge in [0.15, 0.2) is 0 Å². The predicted octanol–water partition coefficient (Wildman–Crippen LogP) is 2.23. The van der Waals surface area contributed by atoms with Crippen molar-refractivity contribution in [2.75, 3.05) is 39.3 Å². The molecule has 6 nitrogen and oxygen atoms in total. The number of benzene rings is 2. The maximum Gasteiger partial charge on any atom is 0.243 e. The second-order valence-electron chi connectivity index (χ2n) is 8.40. The Balaban J connectivity index is 1.21. The van der Waals surface area contributed by atoms with Gasteiger partial charge in [-0.25, -0.2) is 8.42 Å². The van der Waals surface area contributed by atoms with Gasteiger partial charge in [-0.15, -0.1) is 0 Å². The molecule has 1 saturated heterocycles. The third kappa shape index (κ3) is 5.53. The summed E-state index contributed by atoms with van der Waals surface area (Å²) in [5.41, 5.74) is 3.72. The zero-order chi connectivity index (χ0) is 21.7. The van der Waals surface area contributed by atoms with Gasteiger partial charge in [0.25, 0.3) is 0 Å². The molecule has 1 fully saturated rings. The average Bonchev–Trinajstić information content (AvgIpc) is 3.26. The average molecular weight is 442 g/mol. The Morgan fingerprint density at radius 1 is 0.935 bits per heavy atom. The van der Waals surface area contributed by atoms with Crippen molar-refractivity contribution in [3.8, 4) is 0 Å². The maximum absolute atomic E-state index is 13.0. The van der Waals surface area contributed by atoms with Crippen molar-refractivity contribution >= 4 is 15.9 Å². The lowest BCUT2D eigenvalue weighted by molar-refractivity contribution is -0.122. The number of hydrogen-bond acceptors (Lipinski definition) is 4. The van der Waals surface area contributed by atoms with E-state index >= 15 is 0 Å². The highest BCUT2D eigenvalue weighted by Gasteiger charge is 2.29. The first-order valence-corrected chi connectivity index (χ1v) is 12.6. The van der Waals surface area contributed by atoms with Crippen LogP contribution in [-0.4, -0.2) is 62.8 Å². The molecule has 0 radical (unpaired) electrons. The van der Waals surface area contributed by atoms with Crippen LogP contribution in [0.15, 0.2) is 53.4 Å². The lowest BCUT2D eigenvalue weighted by Gasteiger charge is -2.33. The van der Waals surface area contributed by atoms with Gasteiger partial charge in [0.2, 0.25) is 15.9 Å². The molecular formula is C24H31N3O3S. The van der Waals surface area contributed by atoms with E-state index in [4.69, 9.17) is 0 Å². The minimum absolute atomic E-state index is 0.00277. The standard InChI is InChI=1S/C24H31N3O3S/c28-24(25-13-5-8-20-6-2-1-3-7-20)19-26-14-16-27(17-15-26)31(29,30)23-12-11-21-9-4-10-22(21)18-23/h1-3,6-7,11-12,18H,4-5,8-10,13-17,19H2,(H,25,28). The van der Waals surface area contributed by atoms with Crippen molar-refractivity contribution in [3.05, 3.63) is 65.2 Å². The fourth-order valence-corrected chi connectivity index (χ4v) is 5.88. The second kappa shape index (κ2) is 9.94. The Kier molecular flexibility index (Phi) is 7.05. The summed E-state index contributed by atoms with van der Waals surface area (Å²) in [6.07, 6.45) is 4.96. The minimum Gasteiger partial charge on any atom is -0.355 e. The molecule has 1 amide bonds. The van der Waals surface area contributed by atoms with Crippen molar-refractivity contribution in [2.24, 2.45) is 0 Å². The molecule has 0 unspecified atom stereocenters. The molecule has 1 aliphatic carbocycles. The Morgan fingerprint density at radius 3 is 2.45 bits per heavy atom. The molecule has 31 heavy (non-hydrogen) atoms. The van der Waals surface area contributed by atoms with E-state index in [2.05, 4.69) is 17.4 Å². The Labute approximate surface area is 185 Å². The summed E-state index contributed by atoms with van der Waals surface area (Å²) < 4.78 is 27.6. The molecule has 2 aliphatic rings. The molecule has 4 rings (SSSR count). The summed E-state index contributed by atoms with van der Waals surface area (Å²) in [5.74, 6) is 0.00277. The van der Waals surface area contributed by atoms with Gasteiger partial charge in [-0.1, -0.05) is 36.4 Å². The van der Waals surface area contributed by atoms with Gasteiger partial charge < -0.3 is 5.32 Å². The summed E-state index contributed by atoms with van der Waals surface area (Å²) >= 11 is 0. The summed E-state index contributed by atoms with van der Waals surface area (Å²) in [5, 5.41) is 2.98. The van der Waals surface area contributed by atoms with Crippen molar-refractivity contribution in [1.82, 2.24) is 14.5 Å². The molecular weight excluding hydrogens is 410 g/mol. The molecule has 1 N–H and O–H groups in total. The molecule has 1 aliphatic heterocycles. The Hall–Kier alpha value is -2.22. The minimum atomic E-state index is -3.47. The van der Waals surface area contributed by atoms with Gasteiger partial charge in [0, 0.05) is 32.7 Å². The Morgan fingerprint density at radius 2 is 1.68 bits per heavy atom. The van der Waals surface area contributed by atoms with E-state index in [0.29, 0.717) is 44.2 Å². The SMILES string of the molecule is O=C(CN1CCN(S(=O)(=O)c2ccc3c(c2)CCC3)CC1)NCCCc1ccccc1. The number of carbonyl (C=O) groups is 1. The number of aryl methyl sites for hydroxylation is 3. The monoisotopic (exact) mass is 441 g/mol. The second-order valence-corrected chi connectivity index (χ2v) is 10.3. The van der Waals surface area contributed by atoms with E-state index in [1.807, 2.05) is 35.2 Å². The number of amides is 1. The van der Waals surface area contributed by atoms with E-state index in [0.717, 1.165) is 32.1 Å². The zero-order valence-electron chi connectivity index (χ0n) is 17.9. The van der Waals surface area contributed by atoms with Crippen molar-refractivity contribution < 1.29 is 13.2 Å². The Bertz CT molecular complexity index is 1000. The van der Waals surface area contributed by atoms with E-state index < -0.39 is 10.0 Å². The molecule has 0 saturated carbocycles. The number of nitrogens with one attached hydrogen (secondary N) is 1. The van der Waals surface area contributed by atoms with Crippen LogP contribution in [0.25, 0.3) is 0 Å². The van der Waals surface area contributed by atoms with Crippen LogP contribution in [-0.2, 0) is 34.1 Å². The number of nitrogens with zero attached hydrogens (tertiary/aromatic N) is 2. The lowest BCUT2D eigenvalue weighted by Crippen LogP contribution is -2.51. The van der Waals surface area contributed by atoms with Crippen LogP contribution in [0.3, 0.4) is 0 Å². The predicted molar refractivity (Wildman–Crippen MR) is 121 cm³/mol. The van der Waals surface area contributed by atoms with Crippen molar-refractivity contribution in [1.29, 1.82) is 0 Å².